The van der Waals surface area contributed by atoms with E-state index in [-0.39, 0.29) is 11.9 Å². The molecule has 6 heteroatoms. The number of amides is 1. The van der Waals surface area contributed by atoms with Crippen molar-refractivity contribution in [2.24, 2.45) is 5.92 Å². The average molecular weight is 328 g/mol. The lowest BCUT2D eigenvalue weighted by molar-refractivity contribution is -0.122. The van der Waals surface area contributed by atoms with Gasteiger partial charge in [0.1, 0.15) is 0 Å². The van der Waals surface area contributed by atoms with Crippen LogP contribution in [0.4, 0.5) is 0 Å². The second kappa shape index (κ2) is 8.06. The number of nitrogens with one attached hydrogen (secondary N) is 2. The molecular formula is C18H24N4O2. The fourth-order valence-electron chi connectivity index (χ4n) is 2.99. The molecule has 1 amide bonds. The van der Waals surface area contributed by atoms with E-state index in [0.717, 1.165) is 37.9 Å². The molecule has 2 N–H and O–H groups in total. The van der Waals surface area contributed by atoms with Crippen LogP contribution >= 0.6 is 0 Å². The maximum Gasteiger partial charge on any atom is 0.257 e. The summed E-state index contributed by atoms with van der Waals surface area (Å²) in [4.78, 5) is 16.5. The Labute approximate surface area is 142 Å². The first-order valence-corrected chi connectivity index (χ1v) is 8.61. The van der Waals surface area contributed by atoms with Crippen LogP contribution in [-0.2, 0) is 4.79 Å². The lowest BCUT2D eigenvalue weighted by Crippen LogP contribution is -2.30. The van der Waals surface area contributed by atoms with Crippen LogP contribution in [0.3, 0.4) is 0 Å². The number of benzene rings is 1. The van der Waals surface area contributed by atoms with Crippen LogP contribution < -0.4 is 10.6 Å². The monoisotopic (exact) mass is 328 g/mol. The topological polar surface area (TPSA) is 80.0 Å². The van der Waals surface area contributed by atoms with E-state index >= 15 is 0 Å². The van der Waals surface area contributed by atoms with E-state index in [1.807, 2.05) is 37.3 Å². The molecule has 0 radical (unpaired) electrons. The van der Waals surface area contributed by atoms with Crippen LogP contribution in [0.15, 0.2) is 34.9 Å². The molecule has 1 unspecified atom stereocenters. The minimum Gasteiger partial charge on any atom is -0.346 e. The van der Waals surface area contributed by atoms with Crippen molar-refractivity contribution in [3.63, 3.8) is 0 Å². The number of carbonyl (C=O) groups excluding carboxylic acids is 1. The Bertz CT molecular complexity index is 650. The molecule has 0 aliphatic carbocycles. The summed E-state index contributed by atoms with van der Waals surface area (Å²) in [6, 6.07) is 9.35. The van der Waals surface area contributed by atoms with Crippen molar-refractivity contribution in [3.05, 3.63) is 36.2 Å². The van der Waals surface area contributed by atoms with Gasteiger partial charge in [0.05, 0.1) is 6.04 Å². The molecule has 1 aromatic carbocycles. The molecule has 6 nitrogen and oxygen atoms in total. The van der Waals surface area contributed by atoms with Gasteiger partial charge in [0.25, 0.3) is 5.89 Å². The first kappa shape index (κ1) is 16.6. The van der Waals surface area contributed by atoms with Crippen LogP contribution in [0, 0.1) is 5.92 Å². The summed E-state index contributed by atoms with van der Waals surface area (Å²) in [7, 11) is 0. The van der Waals surface area contributed by atoms with Gasteiger partial charge in [0.2, 0.25) is 5.91 Å². The first-order valence-electron chi connectivity index (χ1n) is 8.61. The molecule has 2 aromatic rings. The zero-order valence-electron chi connectivity index (χ0n) is 14.0. The summed E-state index contributed by atoms with van der Waals surface area (Å²) in [5, 5.41) is 10.3. The number of carbonyl (C=O) groups is 1. The van der Waals surface area contributed by atoms with E-state index in [2.05, 4.69) is 20.8 Å². The third kappa shape index (κ3) is 4.41. The van der Waals surface area contributed by atoms with Gasteiger partial charge in [-0.05, 0) is 57.3 Å². The van der Waals surface area contributed by atoms with Crippen molar-refractivity contribution in [3.8, 4) is 11.5 Å². The largest absolute Gasteiger partial charge is 0.346 e. The van der Waals surface area contributed by atoms with Crippen molar-refractivity contribution in [1.29, 1.82) is 0 Å². The predicted molar refractivity (Wildman–Crippen MR) is 91.1 cm³/mol. The molecule has 3 rings (SSSR count). The molecule has 1 saturated heterocycles. The molecule has 0 saturated carbocycles. The van der Waals surface area contributed by atoms with Crippen molar-refractivity contribution < 1.29 is 9.32 Å². The lowest BCUT2D eigenvalue weighted by atomic mass is 9.93. The molecule has 1 aromatic heterocycles. The highest BCUT2D eigenvalue weighted by molar-refractivity contribution is 5.76. The normalized spacial score (nSPS) is 16.7. The maximum atomic E-state index is 12.1. The van der Waals surface area contributed by atoms with Gasteiger partial charge in [0.15, 0.2) is 5.82 Å². The number of hydrogen-bond donors (Lipinski definition) is 2. The van der Waals surface area contributed by atoms with Crippen molar-refractivity contribution in [1.82, 2.24) is 20.8 Å². The van der Waals surface area contributed by atoms with Crippen molar-refractivity contribution in [2.45, 2.75) is 38.6 Å². The standard InChI is InChI=1S/C18H24N4O2/c1-13(20-16(23)8-7-14-9-11-19-12-10-14)17-21-18(24-22-17)15-5-3-2-4-6-15/h2-6,13-14,19H,7-12H2,1H3,(H,20,23). The number of piperidine rings is 1. The second-order valence-corrected chi connectivity index (χ2v) is 6.35. The number of aromatic nitrogens is 2. The van der Waals surface area contributed by atoms with E-state index in [1.54, 1.807) is 0 Å². The highest BCUT2D eigenvalue weighted by atomic mass is 16.5. The van der Waals surface area contributed by atoms with Crippen molar-refractivity contribution >= 4 is 5.91 Å². The fourth-order valence-corrected chi connectivity index (χ4v) is 2.99. The SMILES string of the molecule is CC(NC(=O)CCC1CCNCC1)c1noc(-c2ccccc2)n1. The molecule has 1 aliphatic rings. The number of nitrogens with zero attached hydrogens (tertiary/aromatic N) is 2. The van der Waals surface area contributed by atoms with Gasteiger partial charge in [0, 0.05) is 12.0 Å². The van der Waals surface area contributed by atoms with Crippen LogP contribution in [0.25, 0.3) is 11.5 Å². The summed E-state index contributed by atoms with van der Waals surface area (Å²) in [6.07, 6.45) is 3.82. The Morgan fingerprint density at radius 2 is 2.08 bits per heavy atom. The Kier molecular flexibility index (Phi) is 5.59. The minimum atomic E-state index is -0.258. The Morgan fingerprint density at radius 3 is 2.83 bits per heavy atom. The van der Waals surface area contributed by atoms with E-state index in [1.165, 1.54) is 0 Å². The van der Waals surface area contributed by atoms with Crippen LogP contribution in [-0.4, -0.2) is 29.1 Å². The molecule has 1 fully saturated rings. The zero-order valence-corrected chi connectivity index (χ0v) is 14.0. The van der Waals surface area contributed by atoms with Gasteiger partial charge < -0.3 is 15.2 Å². The van der Waals surface area contributed by atoms with Gasteiger partial charge in [-0.2, -0.15) is 4.98 Å². The number of rotatable bonds is 6. The van der Waals surface area contributed by atoms with Gasteiger partial charge in [-0.15, -0.1) is 0 Å². The summed E-state index contributed by atoms with van der Waals surface area (Å²) >= 11 is 0. The third-order valence-corrected chi connectivity index (χ3v) is 4.47. The molecule has 1 aliphatic heterocycles. The van der Waals surface area contributed by atoms with Crippen LogP contribution in [0.2, 0.25) is 0 Å². The fraction of sp³-hybridized carbons (Fsp3) is 0.500. The highest BCUT2D eigenvalue weighted by Crippen LogP contribution is 2.20. The van der Waals surface area contributed by atoms with Crippen LogP contribution in [0.5, 0.6) is 0 Å². The molecule has 0 bridgehead atoms. The van der Waals surface area contributed by atoms with Gasteiger partial charge in [-0.25, -0.2) is 0 Å². The zero-order chi connectivity index (χ0) is 16.8. The summed E-state index contributed by atoms with van der Waals surface area (Å²) in [6.45, 7) is 4.00. The summed E-state index contributed by atoms with van der Waals surface area (Å²) in [5.74, 6) is 1.68. The van der Waals surface area contributed by atoms with E-state index in [9.17, 15) is 4.79 Å². The molecule has 2 heterocycles. The van der Waals surface area contributed by atoms with E-state index < -0.39 is 0 Å². The van der Waals surface area contributed by atoms with E-state index in [4.69, 9.17) is 4.52 Å². The first-order chi connectivity index (χ1) is 11.7. The smallest absolute Gasteiger partial charge is 0.257 e. The van der Waals surface area contributed by atoms with Gasteiger partial charge in [-0.3, -0.25) is 4.79 Å². The average Bonchev–Trinajstić information content (AvgIpc) is 3.12. The Morgan fingerprint density at radius 1 is 1.33 bits per heavy atom. The molecule has 24 heavy (non-hydrogen) atoms. The Hall–Kier alpha value is -2.21. The minimum absolute atomic E-state index is 0.0482. The Balaban J connectivity index is 1.50. The molecular weight excluding hydrogens is 304 g/mol. The van der Waals surface area contributed by atoms with Crippen LogP contribution in [0.1, 0.15) is 44.5 Å². The lowest BCUT2D eigenvalue weighted by Gasteiger charge is -2.22. The quantitative estimate of drug-likeness (QED) is 0.852. The number of hydrogen-bond acceptors (Lipinski definition) is 5. The van der Waals surface area contributed by atoms with Crippen molar-refractivity contribution in [2.75, 3.05) is 13.1 Å². The summed E-state index contributed by atoms with van der Waals surface area (Å²) < 4.78 is 5.29. The van der Waals surface area contributed by atoms with Gasteiger partial charge in [-0.1, -0.05) is 23.4 Å². The molecule has 128 valence electrons. The molecule has 1 atom stereocenters. The predicted octanol–water partition coefficient (Wildman–Crippen LogP) is 2.69. The second-order valence-electron chi connectivity index (χ2n) is 6.35. The summed E-state index contributed by atoms with van der Waals surface area (Å²) in [5.41, 5.74) is 0.876. The third-order valence-electron chi connectivity index (χ3n) is 4.47. The highest BCUT2D eigenvalue weighted by Gasteiger charge is 2.18. The van der Waals surface area contributed by atoms with Gasteiger partial charge >= 0.3 is 0 Å². The molecule has 0 spiro atoms. The maximum absolute atomic E-state index is 12.1. The van der Waals surface area contributed by atoms with E-state index in [0.29, 0.717) is 24.1 Å².